The molecule has 0 radical (unpaired) electrons. The zero-order valence-corrected chi connectivity index (χ0v) is 37.2. The molecule has 17 heteroatoms. The van der Waals surface area contributed by atoms with Gasteiger partial charge in [0.15, 0.2) is 0 Å². The van der Waals surface area contributed by atoms with Crippen molar-refractivity contribution in [3.8, 4) is 11.5 Å². The molecular weight excluding hydrogens is 847 g/mol. The predicted octanol–water partition coefficient (Wildman–Crippen LogP) is 6.13. The second-order valence-electron chi connectivity index (χ2n) is 19.4. The number of benzene rings is 2. The van der Waals surface area contributed by atoms with Crippen LogP contribution in [-0.2, 0) is 16.5 Å². The molecule has 348 valence electrons. The maximum Gasteiger partial charge on any atom is 2.00 e. The Balaban J connectivity index is 0.000000195. The van der Waals surface area contributed by atoms with Crippen molar-refractivity contribution in [2.75, 3.05) is 0 Å². The van der Waals surface area contributed by atoms with E-state index < -0.39 is 9.85 Å². The van der Waals surface area contributed by atoms with Crippen molar-refractivity contribution in [2.24, 2.45) is 47.3 Å². The monoisotopic (exact) mass is 914 g/mol. The van der Waals surface area contributed by atoms with Gasteiger partial charge in [-0.15, -0.1) is 0 Å². The fraction of sp³-hybridized carbons (Fsp3) is 0.696. The van der Waals surface area contributed by atoms with Gasteiger partial charge in [-0.3, -0.25) is 62.8 Å². The van der Waals surface area contributed by atoms with Crippen molar-refractivity contribution in [3.05, 3.63) is 83.0 Å². The fourth-order valence-corrected chi connectivity index (χ4v) is 13.3. The number of nitro benzene ring substituents is 2. The van der Waals surface area contributed by atoms with Crippen LogP contribution in [0.5, 0.6) is 11.5 Å². The summed E-state index contributed by atoms with van der Waals surface area (Å²) in [5.41, 5.74) is 0.0941. The molecule has 8 bridgehead atoms. The maximum atomic E-state index is 10.1. The summed E-state index contributed by atoms with van der Waals surface area (Å²) in [6.45, 7) is 0. The van der Waals surface area contributed by atoms with E-state index in [1.165, 1.54) is 151 Å². The summed E-state index contributed by atoms with van der Waals surface area (Å²) in [6, 6.07) is 11.4. The third-order valence-electron chi connectivity index (χ3n) is 16.2. The molecule has 4 aliphatic carbocycles. The van der Waals surface area contributed by atoms with Gasteiger partial charge in [0.25, 0.3) is 11.4 Å². The van der Waals surface area contributed by atoms with Crippen LogP contribution in [0.15, 0.2) is 48.5 Å². The van der Waals surface area contributed by atoms with E-state index in [0.717, 1.165) is 47.3 Å². The van der Waals surface area contributed by atoms with Crippen LogP contribution in [0.25, 0.3) is 0 Å². The van der Waals surface area contributed by atoms with Crippen molar-refractivity contribution in [2.45, 2.75) is 152 Å². The van der Waals surface area contributed by atoms with Crippen LogP contribution >= 0.6 is 0 Å². The molecule has 8 atom stereocenters. The molecule has 11 rings (SSSR count). The SMILES string of the molecule is C1CCC2C3NC(NC4NC(NC5NC(NC6NC(N3)C3CCCCC63)C3CCCCC53)C3CCCCC43)C2C1.[CH2-]Oc1ccc([N+](=O)[O-])cc1.[CH2-]Oc1ccc([N+](=O)[O-])cc1.[Ni+2]. The molecule has 8 unspecified atom stereocenters. The number of ether oxygens (including phenoxy) is 2. The van der Waals surface area contributed by atoms with Gasteiger partial charge in [-0.1, -0.05) is 51.4 Å². The predicted molar refractivity (Wildman–Crippen MR) is 235 cm³/mol. The van der Waals surface area contributed by atoms with Crippen molar-refractivity contribution in [1.82, 2.24) is 42.5 Å². The van der Waals surface area contributed by atoms with E-state index in [2.05, 4.69) is 66.2 Å². The standard InChI is InChI=1S/C32H56N8.2C7H6NO3.Ni/c1-2-10-18-17(9-1)25-33-26(18)38-28-21-13-5-6-14-22(21)30(35-28)40-32-24-16-8-7-15-23(24)31(36-32)39-29-20-12-4-3-11-19(20)27(34-29)37-25;2*1-11-7-4-2-6(3-5-7)8(9)10;/h17-40H,1-16H2;2*2-5H,1H2;/q;2*-1;+2. The Bertz CT molecular complexity index is 1550. The second-order valence-corrected chi connectivity index (χ2v) is 19.4. The Morgan fingerprint density at radius 1 is 0.381 bits per heavy atom. The quantitative estimate of drug-likeness (QED) is 0.0754. The Hall–Kier alpha value is -2.99. The number of hydrogen-bond donors (Lipinski definition) is 8. The average Bonchev–Trinajstić information content (AvgIpc) is 4.05. The number of nitrogens with one attached hydrogen (secondary N) is 8. The van der Waals surface area contributed by atoms with E-state index in [1.807, 2.05) is 0 Å². The topological polar surface area (TPSA) is 201 Å². The van der Waals surface area contributed by atoms with Gasteiger partial charge < -0.3 is 9.47 Å². The summed E-state index contributed by atoms with van der Waals surface area (Å²) < 4.78 is 9.15. The summed E-state index contributed by atoms with van der Waals surface area (Å²) in [5, 5.41) is 54.1. The minimum absolute atomic E-state index is 0. The summed E-state index contributed by atoms with van der Waals surface area (Å²) >= 11 is 0. The minimum Gasteiger partial charge on any atom is -0.665 e. The van der Waals surface area contributed by atoms with Crippen LogP contribution < -0.4 is 52.0 Å². The second kappa shape index (κ2) is 21.1. The van der Waals surface area contributed by atoms with Gasteiger partial charge in [0.1, 0.15) is 0 Å². The Kier molecular flexibility index (Phi) is 15.6. The Labute approximate surface area is 382 Å². The molecule has 9 fully saturated rings. The molecule has 0 amide bonds. The molecule has 16 nitrogen and oxygen atoms in total. The summed E-state index contributed by atoms with van der Waals surface area (Å²) in [4.78, 5) is 19.4. The van der Waals surface area contributed by atoms with E-state index in [1.54, 1.807) is 0 Å². The first-order chi connectivity index (χ1) is 30.3. The average molecular weight is 916 g/mol. The molecule has 9 aliphatic rings. The van der Waals surface area contributed by atoms with Gasteiger partial charge in [0, 0.05) is 24.3 Å². The molecule has 63 heavy (non-hydrogen) atoms. The number of rotatable bonds is 4. The molecular formula is C46H68N10NiO6. The van der Waals surface area contributed by atoms with E-state index >= 15 is 0 Å². The number of non-ortho nitro benzene ring substituents is 2. The number of fused-ring (bicyclic) bond motifs is 20. The zero-order chi connectivity index (χ0) is 42.7. The Morgan fingerprint density at radius 2 is 0.556 bits per heavy atom. The molecule has 4 saturated carbocycles. The molecule has 2 aromatic rings. The largest absolute Gasteiger partial charge is 2.00 e. The molecule has 5 saturated heterocycles. The number of hydrogen-bond acceptors (Lipinski definition) is 14. The van der Waals surface area contributed by atoms with Crippen LogP contribution in [0, 0.1) is 81.8 Å². The fourth-order valence-electron chi connectivity index (χ4n) is 13.3. The molecule has 5 aliphatic heterocycles. The minimum atomic E-state index is -0.465. The molecule has 8 N–H and O–H groups in total. The first-order valence-electron chi connectivity index (χ1n) is 23.7. The van der Waals surface area contributed by atoms with Gasteiger partial charge in [-0.05, 0) is 123 Å². The number of nitro groups is 2. The first kappa shape index (κ1) is 46.5. The summed E-state index contributed by atoms with van der Waals surface area (Å²) in [7, 11) is 6.32. The molecule has 0 spiro atoms. The van der Waals surface area contributed by atoms with E-state index in [0.29, 0.717) is 60.8 Å². The smallest absolute Gasteiger partial charge is 0.665 e. The van der Waals surface area contributed by atoms with Gasteiger partial charge in [-0.2, -0.15) is 14.2 Å². The normalized spacial score (nSPS) is 39.8. The van der Waals surface area contributed by atoms with E-state index in [4.69, 9.17) is 0 Å². The van der Waals surface area contributed by atoms with Crippen LogP contribution in [0.2, 0.25) is 0 Å². The van der Waals surface area contributed by atoms with Crippen molar-refractivity contribution < 1.29 is 35.8 Å². The van der Waals surface area contributed by atoms with Crippen molar-refractivity contribution in [1.29, 1.82) is 0 Å². The van der Waals surface area contributed by atoms with Crippen molar-refractivity contribution >= 4 is 11.4 Å². The van der Waals surface area contributed by atoms with Crippen LogP contribution in [0.4, 0.5) is 11.4 Å². The van der Waals surface area contributed by atoms with Crippen molar-refractivity contribution in [3.63, 3.8) is 0 Å². The van der Waals surface area contributed by atoms with E-state index in [-0.39, 0.29) is 27.9 Å². The van der Waals surface area contributed by atoms with Gasteiger partial charge in [0.2, 0.25) is 0 Å². The molecule has 0 aromatic heterocycles. The number of nitrogens with zero attached hydrogens (tertiary/aromatic N) is 2. The van der Waals surface area contributed by atoms with Gasteiger partial charge >= 0.3 is 16.5 Å². The van der Waals surface area contributed by atoms with Gasteiger partial charge in [-0.25, -0.2) is 0 Å². The Morgan fingerprint density at radius 3 is 0.698 bits per heavy atom. The first-order valence-corrected chi connectivity index (χ1v) is 23.7. The van der Waals surface area contributed by atoms with Crippen LogP contribution in [0.3, 0.4) is 0 Å². The van der Waals surface area contributed by atoms with E-state index in [9.17, 15) is 20.2 Å². The summed E-state index contributed by atoms with van der Waals surface area (Å²) in [5.74, 6) is 6.99. The zero-order valence-electron chi connectivity index (χ0n) is 36.2. The third kappa shape index (κ3) is 10.2. The molecule has 5 heterocycles. The van der Waals surface area contributed by atoms with Gasteiger partial charge in [0.05, 0.1) is 70.7 Å². The van der Waals surface area contributed by atoms with Crippen LogP contribution in [0.1, 0.15) is 103 Å². The maximum absolute atomic E-state index is 10.1. The molecule has 2 aromatic carbocycles. The van der Waals surface area contributed by atoms with Crippen LogP contribution in [-0.4, -0.2) is 59.2 Å². The summed E-state index contributed by atoms with van der Waals surface area (Å²) in [6.07, 6.45) is 25.6. The third-order valence-corrected chi connectivity index (χ3v) is 16.2.